The summed E-state index contributed by atoms with van der Waals surface area (Å²) in [5.41, 5.74) is 3.64. The molecule has 1 saturated heterocycles. The molecule has 1 aliphatic heterocycles. The summed E-state index contributed by atoms with van der Waals surface area (Å²) >= 11 is 0. The Labute approximate surface area is 157 Å². The SMILES string of the molecule is CCc1ccc(N2CCN(S(=O)(=O)c3ccc(C(C)C)cc3)CC2)cc1. The summed E-state index contributed by atoms with van der Waals surface area (Å²) in [6.45, 7) is 8.83. The van der Waals surface area contributed by atoms with Crippen LogP contribution in [0.25, 0.3) is 0 Å². The molecule has 4 nitrogen and oxygen atoms in total. The summed E-state index contributed by atoms with van der Waals surface area (Å²) in [4.78, 5) is 2.65. The summed E-state index contributed by atoms with van der Waals surface area (Å²) in [6.07, 6.45) is 1.03. The van der Waals surface area contributed by atoms with Crippen molar-refractivity contribution in [2.75, 3.05) is 31.1 Å². The van der Waals surface area contributed by atoms with Crippen LogP contribution in [0.1, 0.15) is 37.8 Å². The first-order valence-corrected chi connectivity index (χ1v) is 10.8. The zero-order chi connectivity index (χ0) is 18.7. The van der Waals surface area contributed by atoms with Crippen LogP contribution in [-0.4, -0.2) is 38.9 Å². The Morgan fingerprint density at radius 1 is 0.885 bits per heavy atom. The summed E-state index contributed by atoms with van der Waals surface area (Å²) in [7, 11) is -3.41. The van der Waals surface area contributed by atoms with Crippen LogP contribution in [0.15, 0.2) is 53.4 Å². The summed E-state index contributed by atoms with van der Waals surface area (Å²) in [6, 6.07) is 15.9. The van der Waals surface area contributed by atoms with E-state index in [4.69, 9.17) is 0 Å². The second-order valence-corrected chi connectivity index (χ2v) is 9.07. The first-order valence-electron chi connectivity index (χ1n) is 9.36. The predicted octanol–water partition coefficient (Wildman–Crippen LogP) is 3.88. The minimum atomic E-state index is -3.41. The van der Waals surface area contributed by atoms with Crippen LogP contribution in [0, 0.1) is 0 Å². The molecule has 0 spiro atoms. The summed E-state index contributed by atoms with van der Waals surface area (Å²) < 4.78 is 27.4. The molecule has 0 atom stereocenters. The van der Waals surface area contributed by atoms with Gasteiger partial charge in [-0.25, -0.2) is 8.42 Å². The largest absolute Gasteiger partial charge is 0.369 e. The predicted molar refractivity (Wildman–Crippen MR) is 107 cm³/mol. The molecule has 0 amide bonds. The lowest BCUT2D eigenvalue weighted by Crippen LogP contribution is -2.48. The van der Waals surface area contributed by atoms with Gasteiger partial charge in [0.05, 0.1) is 4.90 Å². The van der Waals surface area contributed by atoms with E-state index in [1.54, 1.807) is 16.4 Å². The number of hydrogen-bond acceptors (Lipinski definition) is 3. The summed E-state index contributed by atoms with van der Waals surface area (Å²) in [5.74, 6) is 0.398. The van der Waals surface area contributed by atoms with Crippen molar-refractivity contribution >= 4 is 15.7 Å². The molecule has 1 heterocycles. The Bertz CT molecular complexity index is 819. The monoisotopic (exact) mass is 372 g/mol. The molecule has 0 N–H and O–H groups in total. The maximum atomic E-state index is 12.9. The number of benzene rings is 2. The van der Waals surface area contributed by atoms with Crippen LogP contribution < -0.4 is 4.90 Å². The quantitative estimate of drug-likeness (QED) is 0.800. The van der Waals surface area contributed by atoms with Gasteiger partial charge in [0.15, 0.2) is 0 Å². The van der Waals surface area contributed by atoms with E-state index < -0.39 is 10.0 Å². The first-order chi connectivity index (χ1) is 12.4. The fraction of sp³-hybridized carbons (Fsp3) is 0.429. The number of sulfonamides is 1. The van der Waals surface area contributed by atoms with Crippen molar-refractivity contribution in [3.8, 4) is 0 Å². The van der Waals surface area contributed by atoms with Crippen molar-refractivity contribution in [3.63, 3.8) is 0 Å². The van der Waals surface area contributed by atoms with Gasteiger partial charge in [0.25, 0.3) is 0 Å². The normalized spacial score (nSPS) is 16.2. The highest BCUT2D eigenvalue weighted by Crippen LogP contribution is 2.23. The number of hydrogen-bond donors (Lipinski definition) is 0. The lowest BCUT2D eigenvalue weighted by Gasteiger charge is -2.35. The van der Waals surface area contributed by atoms with E-state index in [9.17, 15) is 8.42 Å². The number of aryl methyl sites for hydroxylation is 1. The molecule has 0 radical (unpaired) electrons. The van der Waals surface area contributed by atoms with Gasteiger partial charge in [-0.3, -0.25) is 0 Å². The Kier molecular flexibility index (Phi) is 5.68. The Morgan fingerprint density at radius 2 is 1.46 bits per heavy atom. The number of nitrogens with zero attached hydrogens (tertiary/aromatic N) is 2. The standard InChI is InChI=1S/C21H28N2O2S/c1-4-18-5-9-20(10-6-18)22-13-15-23(16-14-22)26(24,25)21-11-7-19(8-12-21)17(2)3/h5-12,17H,4,13-16H2,1-3H3. The van der Waals surface area contributed by atoms with Gasteiger partial charge >= 0.3 is 0 Å². The van der Waals surface area contributed by atoms with Gasteiger partial charge in [0.1, 0.15) is 0 Å². The van der Waals surface area contributed by atoms with Gasteiger partial charge in [-0.05, 0) is 47.7 Å². The zero-order valence-corrected chi connectivity index (χ0v) is 16.7. The molecule has 2 aromatic carbocycles. The highest BCUT2D eigenvalue weighted by atomic mass is 32.2. The molecule has 0 aliphatic carbocycles. The van der Waals surface area contributed by atoms with Gasteiger partial charge in [0.2, 0.25) is 10.0 Å². The van der Waals surface area contributed by atoms with E-state index in [0.717, 1.165) is 25.1 Å². The van der Waals surface area contributed by atoms with Gasteiger partial charge < -0.3 is 4.90 Å². The Morgan fingerprint density at radius 3 is 1.96 bits per heavy atom. The van der Waals surface area contributed by atoms with Crippen molar-refractivity contribution in [1.29, 1.82) is 0 Å². The minimum Gasteiger partial charge on any atom is -0.369 e. The van der Waals surface area contributed by atoms with Crippen LogP contribution in [0.4, 0.5) is 5.69 Å². The maximum absolute atomic E-state index is 12.9. The van der Waals surface area contributed by atoms with Gasteiger partial charge in [-0.15, -0.1) is 0 Å². The smallest absolute Gasteiger partial charge is 0.243 e. The summed E-state index contributed by atoms with van der Waals surface area (Å²) in [5, 5.41) is 0. The highest BCUT2D eigenvalue weighted by molar-refractivity contribution is 7.89. The Balaban J connectivity index is 1.67. The fourth-order valence-corrected chi connectivity index (χ4v) is 4.73. The maximum Gasteiger partial charge on any atom is 0.243 e. The molecular formula is C21H28N2O2S. The van der Waals surface area contributed by atoms with Gasteiger partial charge in [-0.1, -0.05) is 45.0 Å². The molecule has 2 aromatic rings. The molecule has 3 rings (SSSR count). The van der Waals surface area contributed by atoms with Crippen LogP contribution in [-0.2, 0) is 16.4 Å². The lowest BCUT2D eigenvalue weighted by molar-refractivity contribution is 0.385. The number of piperazine rings is 1. The van der Waals surface area contributed by atoms with E-state index >= 15 is 0 Å². The van der Waals surface area contributed by atoms with Crippen LogP contribution in [0.5, 0.6) is 0 Å². The van der Waals surface area contributed by atoms with Gasteiger partial charge in [0, 0.05) is 31.9 Å². The molecule has 26 heavy (non-hydrogen) atoms. The third kappa shape index (κ3) is 3.94. The average Bonchev–Trinajstić information content (AvgIpc) is 2.68. The molecule has 0 saturated carbocycles. The van der Waals surface area contributed by atoms with E-state index in [1.807, 2.05) is 12.1 Å². The number of rotatable bonds is 5. The van der Waals surface area contributed by atoms with E-state index in [-0.39, 0.29) is 0 Å². The van der Waals surface area contributed by atoms with Crippen molar-refractivity contribution in [1.82, 2.24) is 4.31 Å². The average molecular weight is 373 g/mol. The van der Waals surface area contributed by atoms with Crippen LogP contribution >= 0.6 is 0 Å². The molecule has 5 heteroatoms. The molecule has 0 unspecified atom stereocenters. The van der Waals surface area contributed by atoms with E-state index in [2.05, 4.69) is 49.9 Å². The minimum absolute atomic E-state index is 0.391. The Hall–Kier alpha value is -1.85. The number of anilines is 1. The van der Waals surface area contributed by atoms with Crippen LogP contribution in [0.2, 0.25) is 0 Å². The van der Waals surface area contributed by atoms with Crippen molar-refractivity contribution < 1.29 is 8.42 Å². The van der Waals surface area contributed by atoms with Gasteiger partial charge in [-0.2, -0.15) is 4.31 Å². The molecule has 0 bridgehead atoms. The van der Waals surface area contributed by atoms with E-state index in [0.29, 0.717) is 23.9 Å². The molecular weight excluding hydrogens is 344 g/mol. The second-order valence-electron chi connectivity index (χ2n) is 7.13. The van der Waals surface area contributed by atoms with Crippen molar-refractivity contribution in [2.24, 2.45) is 0 Å². The molecule has 0 aromatic heterocycles. The van der Waals surface area contributed by atoms with E-state index in [1.165, 1.54) is 11.3 Å². The fourth-order valence-electron chi connectivity index (χ4n) is 3.30. The second kappa shape index (κ2) is 7.80. The van der Waals surface area contributed by atoms with Crippen LogP contribution in [0.3, 0.4) is 0 Å². The molecule has 1 aliphatic rings. The van der Waals surface area contributed by atoms with Crippen molar-refractivity contribution in [3.05, 3.63) is 59.7 Å². The third-order valence-corrected chi connectivity index (χ3v) is 7.05. The van der Waals surface area contributed by atoms with Crippen molar-refractivity contribution in [2.45, 2.75) is 38.0 Å². The lowest BCUT2D eigenvalue weighted by atomic mass is 10.0. The molecule has 140 valence electrons. The molecule has 1 fully saturated rings. The highest BCUT2D eigenvalue weighted by Gasteiger charge is 2.28. The zero-order valence-electron chi connectivity index (χ0n) is 15.9. The topological polar surface area (TPSA) is 40.6 Å². The first kappa shape index (κ1) is 18.9. The third-order valence-electron chi connectivity index (χ3n) is 5.13.